The van der Waals surface area contributed by atoms with Crippen molar-refractivity contribution in [1.29, 1.82) is 0 Å². The van der Waals surface area contributed by atoms with E-state index in [0.717, 1.165) is 55.0 Å². The van der Waals surface area contributed by atoms with Crippen LogP contribution >= 0.6 is 0 Å². The van der Waals surface area contributed by atoms with Gasteiger partial charge in [-0.05, 0) is 50.5 Å². The third-order valence-electron chi connectivity index (χ3n) is 7.68. The predicted molar refractivity (Wildman–Crippen MR) is 123 cm³/mol. The van der Waals surface area contributed by atoms with Crippen LogP contribution < -0.4 is 10.6 Å². The van der Waals surface area contributed by atoms with Gasteiger partial charge in [0.25, 0.3) is 5.91 Å². The molecule has 1 aromatic carbocycles. The number of fused-ring (bicyclic) bond motifs is 3. The highest BCUT2D eigenvalue weighted by molar-refractivity contribution is 6.06. The van der Waals surface area contributed by atoms with Gasteiger partial charge in [0.2, 0.25) is 5.91 Å². The van der Waals surface area contributed by atoms with Gasteiger partial charge in [-0.3, -0.25) is 14.5 Å². The second-order valence-corrected chi connectivity index (χ2v) is 10.0. The third-order valence-corrected chi connectivity index (χ3v) is 7.68. The number of benzene rings is 1. The smallest absolute Gasteiger partial charge is 0.253 e. The maximum absolute atomic E-state index is 12.9. The fourth-order valence-corrected chi connectivity index (χ4v) is 5.90. The number of rotatable bonds is 8. The fourth-order valence-electron chi connectivity index (χ4n) is 5.90. The number of aryl methyl sites for hydroxylation is 1. The Balaban J connectivity index is 1.14. The van der Waals surface area contributed by atoms with Gasteiger partial charge < -0.3 is 19.9 Å². The van der Waals surface area contributed by atoms with Gasteiger partial charge in [0.1, 0.15) is 0 Å². The van der Waals surface area contributed by atoms with E-state index in [-0.39, 0.29) is 17.4 Å². The second-order valence-electron chi connectivity index (χ2n) is 10.0. The molecule has 2 bridgehead atoms. The SMILES string of the molecule is COCC1(NC(=O)CN2[C@@H]3CC[C@H]2C[C@H](CNC(=O)c2cn(C)c4ccccc24)C3)CC1. The molecule has 2 amide bonds. The van der Waals surface area contributed by atoms with Crippen molar-refractivity contribution in [2.75, 3.05) is 26.8 Å². The number of nitrogens with one attached hydrogen (secondary N) is 2. The van der Waals surface area contributed by atoms with Crippen LogP contribution in [0.25, 0.3) is 10.9 Å². The number of nitrogens with zero attached hydrogens (tertiary/aromatic N) is 2. The summed E-state index contributed by atoms with van der Waals surface area (Å²) in [5.41, 5.74) is 1.70. The molecule has 2 saturated heterocycles. The van der Waals surface area contributed by atoms with E-state index in [1.807, 2.05) is 42.1 Å². The molecule has 172 valence electrons. The molecule has 3 heterocycles. The molecular formula is C25H34N4O3. The van der Waals surface area contributed by atoms with Gasteiger partial charge in [-0.15, -0.1) is 0 Å². The molecule has 1 aromatic heterocycles. The summed E-state index contributed by atoms with van der Waals surface area (Å²) in [6, 6.07) is 8.90. The molecule has 1 saturated carbocycles. The molecule has 3 atom stereocenters. The van der Waals surface area contributed by atoms with Crippen molar-refractivity contribution in [1.82, 2.24) is 20.1 Å². The molecule has 2 aliphatic heterocycles. The van der Waals surface area contributed by atoms with E-state index < -0.39 is 0 Å². The first-order valence-electron chi connectivity index (χ1n) is 11.9. The Morgan fingerprint density at radius 1 is 1.16 bits per heavy atom. The zero-order valence-electron chi connectivity index (χ0n) is 19.1. The standard InChI is InChI=1S/C25H34N4O3/c1-28-14-21(20-5-3-4-6-22(20)28)24(31)26-13-17-11-18-7-8-19(12-17)29(18)15-23(30)27-25(9-10-25)16-32-2/h3-6,14,17-19H,7-13,15-16H2,1-2H3,(H,26,31)(H,27,30)/t17-,18-,19+. The molecule has 3 fully saturated rings. The van der Waals surface area contributed by atoms with E-state index in [1.165, 1.54) is 0 Å². The normalized spacial score (nSPS) is 26.2. The number of hydrogen-bond acceptors (Lipinski definition) is 4. The van der Waals surface area contributed by atoms with Gasteiger partial charge in [-0.25, -0.2) is 0 Å². The molecule has 32 heavy (non-hydrogen) atoms. The lowest BCUT2D eigenvalue weighted by Gasteiger charge is -2.38. The third kappa shape index (κ3) is 4.16. The monoisotopic (exact) mass is 438 g/mol. The van der Waals surface area contributed by atoms with E-state index in [1.54, 1.807) is 7.11 Å². The van der Waals surface area contributed by atoms with Crippen molar-refractivity contribution in [3.63, 3.8) is 0 Å². The molecule has 2 aromatic rings. The molecule has 0 unspecified atom stereocenters. The first kappa shape index (κ1) is 21.5. The highest BCUT2D eigenvalue weighted by atomic mass is 16.5. The maximum atomic E-state index is 12.9. The minimum atomic E-state index is -0.116. The Morgan fingerprint density at radius 2 is 1.88 bits per heavy atom. The number of ether oxygens (including phenoxy) is 1. The zero-order valence-corrected chi connectivity index (χ0v) is 19.1. The minimum Gasteiger partial charge on any atom is -0.382 e. The molecule has 0 spiro atoms. The summed E-state index contributed by atoms with van der Waals surface area (Å²) in [5, 5.41) is 7.39. The highest BCUT2D eigenvalue weighted by Crippen LogP contribution is 2.39. The van der Waals surface area contributed by atoms with Crippen LogP contribution in [-0.2, 0) is 16.6 Å². The summed E-state index contributed by atoms with van der Waals surface area (Å²) in [7, 11) is 3.67. The summed E-state index contributed by atoms with van der Waals surface area (Å²) >= 11 is 0. The van der Waals surface area contributed by atoms with Gasteiger partial charge in [-0.1, -0.05) is 18.2 Å². The van der Waals surface area contributed by atoms with Crippen LogP contribution in [0.1, 0.15) is 48.9 Å². The number of aromatic nitrogens is 1. The van der Waals surface area contributed by atoms with Crippen LogP contribution in [0.3, 0.4) is 0 Å². The van der Waals surface area contributed by atoms with E-state index in [9.17, 15) is 9.59 Å². The van der Waals surface area contributed by atoms with Crippen molar-refractivity contribution in [2.24, 2.45) is 13.0 Å². The van der Waals surface area contributed by atoms with E-state index in [0.29, 0.717) is 37.7 Å². The van der Waals surface area contributed by atoms with E-state index >= 15 is 0 Å². The minimum absolute atomic E-state index is 0.00355. The van der Waals surface area contributed by atoms with Crippen LogP contribution in [0.4, 0.5) is 0 Å². The van der Waals surface area contributed by atoms with Crippen molar-refractivity contribution >= 4 is 22.7 Å². The van der Waals surface area contributed by atoms with Crippen LogP contribution in [0, 0.1) is 5.92 Å². The summed E-state index contributed by atoms with van der Waals surface area (Å²) in [5.74, 6) is 0.594. The average molecular weight is 439 g/mol. The average Bonchev–Trinajstić information content (AvgIpc) is 3.39. The van der Waals surface area contributed by atoms with E-state index in [4.69, 9.17) is 4.74 Å². The lowest BCUT2D eigenvalue weighted by atomic mass is 9.90. The molecule has 7 nitrogen and oxygen atoms in total. The fraction of sp³-hybridized carbons (Fsp3) is 0.600. The Labute approximate surface area is 189 Å². The summed E-state index contributed by atoms with van der Waals surface area (Å²) in [6.45, 7) is 1.78. The highest BCUT2D eigenvalue weighted by Gasteiger charge is 2.46. The number of amides is 2. The number of piperidine rings is 1. The van der Waals surface area contributed by atoms with Gasteiger partial charge in [0.05, 0.1) is 24.3 Å². The second kappa shape index (κ2) is 8.52. The first-order valence-corrected chi connectivity index (χ1v) is 11.9. The van der Waals surface area contributed by atoms with Gasteiger partial charge >= 0.3 is 0 Å². The Hall–Kier alpha value is -2.38. The van der Waals surface area contributed by atoms with Gasteiger partial charge in [-0.2, -0.15) is 0 Å². The summed E-state index contributed by atoms with van der Waals surface area (Å²) < 4.78 is 7.27. The first-order chi connectivity index (χ1) is 15.5. The number of methoxy groups -OCH3 is 1. The largest absolute Gasteiger partial charge is 0.382 e. The lowest BCUT2D eigenvalue weighted by Crippen LogP contribution is -2.51. The van der Waals surface area contributed by atoms with Crippen molar-refractivity contribution in [3.05, 3.63) is 36.0 Å². The maximum Gasteiger partial charge on any atom is 0.253 e. The quantitative estimate of drug-likeness (QED) is 0.664. The Kier molecular flexibility index (Phi) is 5.72. The predicted octanol–water partition coefficient (Wildman–Crippen LogP) is 2.45. The number of hydrogen-bond donors (Lipinski definition) is 2. The molecule has 7 heteroatoms. The Morgan fingerprint density at radius 3 is 2.56 bits per heavy atom. The van der Waals surface area contributed by atoms with Crippen molar-refractivity contribution < 1.29 is 14.3 Å². The summed E-state index contributed by atoms with van der Waals surface area (Å²) in [6.07, 6.45) is 8.33. The molecule has 2 N–H and O–H groups in total. The zero-order chi connectivity index (χ0) is 22.3. The summed E-state index contributed by atoms with van der Waals surface area (Å²) in [4.78, 5) is 28.0. The molecule has 0 radical (unpaired) electrons. The van der Waals surface area contributed by atoms with Crippen LogP contribution in [0.2, 0.25) is 0 Å². The van der Waals surface area contributed by atoms with Gasteiger partial charge in [0.15, 0.2) is 0 Å². The van der Waals surface area contributed by atoms with Crippen molar-refractivity contribution in [2.45, 2.75) is 56.1 Å². The van der Waals surface area contributed by atoms with Crippen molar-refractivity contribution in [3.8, 4) is 0 Å². The van der Waals surface area contributed by atoms with E-state index in [2.05, 4.69) is 15.5 Å². The molecule has 3 aliphatic rings. The number of carbonyl (C=O) groups is 2. The van der Waals surface area contributed by atoms with Gasteiger partial charge in [0, 0.05) is 49.9 Å². The topological polar surface area (TPSA) is 75.6 Å². The van der Waals surface area contributed by atoms with Crippen LogP contribution in [0.5, 0.6) is 0 Å². The lowest BCUT2D eigenvalue weighted by molar-refractivity contribution is -0.125. The molecule has 5 rings (SSSR count). The Bertz CT molecular complexity index is 998. The van der Waals surface area contributed by atoms with Crippen LogP contribution in [0.15, 0.2) is 30.5 Å². The molecular weight excluding hydrogens is 404 g/mol. The molecule has 1 aliphatic carbocycles. The number of para-hydroxylation sites is 1. The van der Waals surface area contributed by atoms with Crippen LogP contribution in [-0.4, -0.2) is 65.7 Å². The number of carbonyl (C=O) groups excluding carboxylic acids is 2.